The molecule has 0 saturated carbocycles. The van der Waals surface area contributed by atoms with Gasteiger partial charge < -0.3 is 20.3 Å². The molecule has 0 radical (unpaired) electrons. The number of ether oxygens (including phenoxy) is 1. The van der Waals surface area contributed by atoms with E-state index in [1.165, 1.54) is 5.56 Å². The average Bonchev–Trinajstić information content (AvgIpc) is 2.48. The number of likely N-dealkylation sites (N-methyl/N-ethyl adjacent to an activating group) is 1. The topological polar surface area (TPSA) is 62.3 Å². The molecule has 1 aliphatic rings. The third kappa shape index (κ3) is 4.54. The van der Waals surface area contributed by atoms with Crippen LogP contribution in [0.1, 0.15) is 25.8 Å². The lowest BCUT2D eigenvalue weighted by atomic mass is 10.1. The van der Waals surface area contributed by atoms with E-state index in [9.17, 15) is 0 Å². The van der Waals surface area contributed by atoms with E-state index in [4.69, 9.17) is 4.74 Å². The van der Waals surface area contributed by atoms with E-state index >= 15 is 0 Å². The highest BCUT2D eigenvalue weighted by Crippen LogP contribution is 2.21. The highest BCUT2D eigenvalue weighted by Gasteiger charge is 2.18. The molecule has 1 aliphatic heterocycles. The van der Waals surface area contributed by atoms with Crippen molar-refractivity contribution in [1.82, 2.24) is 14.9 Å². The molecule has 1 saturated heterocycles. The Bertz CT molecular complexity index is 440. The lowest BCUT2D eigenvalue weighted by Crippen LogP contribution is -2.43. The van der Waals surface area contributed by atoms with E-state index < -0.39 is 0 Å². The highest BCUT2D eigenvalue weighted by atomic mass is 16.5. The Morgan fingerprint density at radius 2 is 2.05 bits per heavy atom. The van der Waals surface area contributed by atoms with Crippen LogP contribution >= 0.6 is 0 Å². The number of hydrogen-bond donors (Lipinski definition) is 2. The van der Waals surface area contributed by atoms with E-state index in [0.717, 1.165) is 57.3 Å². The van der Waals surface area contributed by atoms with Crippen LogP contribution in [0.25, 0.3) is 0 Å². The van der Waals surface area contributed by atoms with Gasteiger partial charge in [-0.15, -0.1) is 0 Å². The number of anilines is 2. The summed E-state index contributed by atoms with van der Waals surface area (Å²) in [4.78, 5) is 11.1. The van der Waals surface area contributed by atoms with Crippen LogP contribution in [-0.2, 0) is 11.2 Å². The quantitative estimate of drug-likeness (QED) is 0.796. The molecule has 6 heteroatoms. The van der Waals surface area contributed by atoms with Gasteiger partial charge in [-0.05, 0) is 20.4 Å². The molecule has 118 valence electrons. The van der Waals surface area contributed by atoms with Crippen LogP contribution in [0.3, 0.4) is 0 Å². The molecule has 1 fully saturated rings. The van der Waals surface area contributed by atoms with Crippen molar-refractivity contribution in [3.63, 3.8) is 0 Å². The maximum absolute atomic E-state index is 5.78. The molecule has 2 heterocycles. The first kappa shape index (κ1) is 16.0. The Morgan fingerprint density at radius 3 is 2.71 bits per heavy atom. The summed E-state index contributed by atoms with van der Waals surface area (Å²) in [5.41, 5.74) is 1.17. The van der Waals surface area contributed by atoms with Crippen molar-refractivity contribution < 1.29 is 4.74 Å². The number of rotatable bonds is 7. The predicted octanol–water partition coefficient (Wildman–Crippen LogP) is 1.60. The number of morpholine rings is 1. The van der Waals surface area contributed by atoms with Gasteiger partial charge in [0.15, 0.2) is 0 Å². The molecule has 6 nitrogen and oxygen atoms in total. The second kappa shape index (κ2) is 8.14. The Labute approximate surface area is 127 Å². The van der Waals surface area contributed by atoms with Gasteiger partial charge in [0, 0.05) is 31.7 Å². The van der Waals surface area contributed by atoms with Gasteiger partial charge in [0.05, 0.1) is 12.7 Å². The predicted molar refractivity (Wildman–Crippen MR) is 85.9 cm³/mol. The summed E-state index contributed by atoms with van der Waals surface area (Å²) < 4.78 is 5.78. The largest absolute Gasteiger partial charge is 0.374 e. The maximum Gasteiger partial charge on any atom is 0.134 e. The van der Waals surface area contributed by atoms with E-state index in [-0.39, 0.29) is 6.10 Å². The smallest absolute Gasteiger partial charge is 0.134 e. The molecule has 1 aromatic heterocycles. The minimum Gasteiger partial charge on any atom is -0.374 e. The summed E-state index contributed by atoms with van der Waals surface area (Å²) in [6.07, 6.45) is 3.88. The summed E-state index contributed by atoms with van der Waals surface area (Å²) >= 11 is 0. The third-order valence-electron chi connectivity index (χ3n) is 3.63. The molecule has 0 aromatic carbocycles. The molecule has 0 spiro atoms. The standard InChI is InChI=1S/C15H27N5O/c1-4-6-13-14(16-5-2)18-11-19-15(13)17-9-12-10-20(3)7-8-21-12/h11-12H,4-10H2,1-3H3,(H2,16,17,18,19). The number of aromatic nitrogens is 2. The van der Waals surface area contributed by atoms with E-state index in [1.54, 1.807) is 6.33 Å². The van der Waals surface area contributed by atoms with Gasteiger partial charge in [-0.3, -0.25) is 0 Å². The fourth-order valence-electron chi connectivity index (χ4n) is 2.57. The molecule has 1 unspecified atom stereocenters. The zero-order valence-electron chi connectivity index (χ0n) is 13.4. The van der Waals surface area contributed by atoms with Crippen LogP contribution in [0.2, 0.25) is 0 Å². The molecule has 0 amide bonds. The van der Waals surface area contributed by atoms with Crippen LogP contribution in [0.5, 0.6) is 0 Å². The maximum atomic E-state index is 5.78. The lowest BCUT2D eigenvalue weighted by molar-refractivity contribution is -0.0117. The summed E-state index contributed by atoms with van der Waals surface area (Å²) in [5, 5.41) is 6.76. The Balaban J connectivity index is 2.02. The van der Waals surface area contributed by atoms with Gasteiger partial charge in [-0.2, -0.15) is 0 Å². The minimum atomic E-state index is 0.218. The molecule has 0 bridgehead atoms. The molecule has 21 heavy (non-hydrogen) atoms. The normalized spacial score (nSPS) is 19.5. The van der Waals surface area contributed by atoms with Crippen molar-refractivity contribution in [3.8, 4) is 0 Å². The first-order valence-corrected chi connectivity index (χ1v) is 7.86. The van der Waals surface area contributed by atoms with E-state index in [1.807, 2.05) is 0 Å². The first-order valence-electron chi connectivity index (χ1n) is 7.86. The van der Waals surface area contributed by atoms with Crippen molar-refractivity contribution in [3.05, 3.63) is 11.9 Å². The van der Waals surface area contributed by atoms with E-state index in [2.05, 4.69) is 46.4 Å². The Morgan fingerprint density at radius 1 is 1.29 bits per heavy atom. The van der Waals surface area contributed by atoms with Crippen molar-refractivity contribution in [2.45, 2.75) is 32.8 Å². The number of hydrogen-bond acceptors (Lipinski definition) is 6. The second-order valence-corrected chi connectivity index (χ2v) is 5.47. The Hall–Kier alpha value is -1.40. The van der Waals surface area contributed by atoms with Crippen LogP contribution in [0.15, 0.2) is 6.33 Å². The lowest BCUT2D eigenvalue weighted by Gasteiger charge is -2.30. The van der Waals surface area contributed by atoms with E-state index in [0.29, 0.717) is 0 Å². The SMILES string of the molecule is CCCc1c(NCC)ncnc1NCC1CN(C)CCO1. The Kier molecular flexibility index (Phi) is 6.20. The average molecular weight is 293 g/mol. The van der Waals surface area contributed by atoms with Gasteiger partial charge in [-0.25, -0.2) is 9.97 Å². The van der Waals surface area contributed by atoms with Crippen LogP contribution in [-0.4, -0.2) is 60.8 Å². The molecule has 1 atom stereocenters. The molecule has 0 aliphatic carbocycles. The molecule has 2 rings (SSSR count). The van der Waals surface area contributed by atoms with Crippen molar-refractivity contribution >= 4 is 11.6 Å². The van der Waals surface area contributed by atoms with Gasteiger partial charge in [-0.1, -0.05) is 13.3 Å². The van der Waals surface area contributed by atoms with Crippen LogP contribution in [0.4, 0.5) is 11.6 Å². The van der Waals surface area contributed by atoms with Crippen molar-refractivity contribution in [2.75, 3.05) is 50.5 Å². The fourth-order valence-corrected chi connectivity index (χ4v) is 2.57. The van der Waals surface area contributed by atoms with Gasteiger partial charge >= 0.3 is 0 Å². The summed E-state index contributed by atoms with van der Waals surface area (Å²) in [6, 6.07) is 0. The summed E-state index contributed by atoms with van der Waals surface area (Å²) in [6.45, 7) is 8.67. The van der Waals surface area contributed by atoms with Gasteiger partial charge in [0.25, 0.3) is 0 Å². The first-order chi connectivity index (χ1) is 10.2. The zero-order valence-corrected chi connectivity index (χ0v) is 13.4. The van der Waals surface area contributed by atoms with Crippen molar-refractivity contribution in [2.24, 2.45) is 0 Å². The minimum absolute atomic E-state index is 0.218. The summed E-state index contributed by atoms with van der Waals surface area (Å²) in [7, 11) is 2.13. The van der Waals surface area contributed by atoms with Gasteiger partial charge in [0.2, 0.25) is 0 Å². The van der Waals surface area contributed by atoms with Gasteiger partial charge in [0.1, 0.15) is 18.0 Å². The molecular weight excluding hydrogens is 266 g/mol. The summed E-state index contributed by atoms with van der Waals surface area (Å²) in [5.74, 6) is 1.87. The monoisotopic (exact) mass is 293 g/mol. The zero-order chi connectivity index (χ0) is 15.1. The molecule has 2 N–H and O–H groups in total. The molecular formula is C15H27N5O. The fraction of sp³-hybridized carbons (Fsp3) is 0.733. The van der Waals surface area contributed by atoms with Crippen LogP contribution < -0.4 is 10.6 Å². The number of nitrogens with one attached hydrogen (secondary N) is 2. The third-order valence-corrected chi connectivity index (χ3v) is 3.63. The number of nitrogens with zero attached hydrogens (tertiary/aromatic N) is 3. The van der Waals surface area contributed by atoms with Crippen molar-refractivity contribution in [1.29, 1.82) is 0 Å². The van der Waals surface area contributed by atoms with Crippen LogP contribution in [0, 0.1) is 0 Å². The second-order valence-electron chi connectivity index (χ2n) is 5.47. The molecule has 1 aromatic rings. The highest BCUT2D eigenvalue weighted by molar-refractivity contribution is 5.57.